The molecule has 2 aliphatic rings. The maximum Gasteiger partial charge on any atom is 0.270 e. The van der Waals surface area contributed by atoms with E-state index in [4.69, 9.17) is 0 Å². The van der Waals surface area contributed by atoms with Gasteiger partial charge in [0.05, 0.1) is 11.2 Å². The average molecular weight is 331 g/mol. The summed E-state index contributed by atoms with van der Waals surface area (Å²) in [6, 6.07) is 2.82. The first-order valence-corrected chi connectivity index (χ1v) is 9.15. The van der Waals surface area contributed by atoms with Crippen molar-refractivity contribution in [1.82, 2.24) is 25.0 Å². The SMILES string of the molecule is O=C(NCC1CN(C2CCC2)Cc2ccnn2C1)c1cscn1. The van der Waals surface area contributed by atoms with Crippen LogP contribution in [-0.4, -0.2) is 44.7 Å². The first-order valence-electron chi connectivity index (χ1n) is 8.21. The van der Waals surface area contributed by atoms with E-state index in [0.717, 1.165) is 19.6 Å². The topological polar surface area (TPSA) is 63.1 Å². The fourth-order valence-electron chi connectivity index (χ4n) is 3.38. The van der Waals surface area contributed by atoms with Gasteiger partial charge in [-0.2, -0.15) is 5.10 Å². The second-order valence-electron chi connectivity index (χ2n) is 6.47. The summed E-state index contributed by atoms with van der Waals surface area (Å²) in [7, 11) is 0. The van der Waals surface area contributed by atoms with Crippen molar-refractivity contribution in [2.24, 2.45) is 5.92 Å². The Labute approximate surface area is 139 Å². The molecule has 3 heterocycles. The van der Waals surface area contributed by atoms with Gasteiger partial charge in [0, 0.05) is 49.7 Å². The number of hydrogen-bond acceptors (Lipinski definition) is 5. The van der Waals surface area contributed by atoms with Crippen molar-refractivity contribution in [3.63, 3.8) is 0 Å². The number of hydrogen-bond donors (Lipinski definition) is 1. The number of fused-ring (bicyclic) bond motifs is 1. The number of amides is 1. The number of nitrogens with one attached hydrogen (secondary N) is 1. The minimum atomic E-state index is -0.0774. The number of carbonyl (C=O) groups is 1. The Morgan fingerprint density at radius 1 is 1.39 bits per heavy atom. The summed E-state index contributed by atoms with van der Waals surface area (Å²) in [5, 5.41) is 9.27. The maximum atomic E-state index is 12.1. The zero-order chi connectivity index (χ0) is 15.6. The predicted molar refractivity (Wildman–Crippen MR) is 88.2 cm³/mol. The highest BCUT2D eigenvalue weighted by Gasteiger charge is 2.30. The van der Waals surface area contributed by atoms with Crippen LogP contribution in [0.1, 0.15) is 35.4 Å². The van der Waals surface area contributed by atoms with Crippen molar-refractivity contribution < 1.29 is 4.79 Å². The molecule has 6 nitrogen and oxygen atoms in total. The number of aromatic nitrogens is 3. The van der Waals surface area contributed by atoms with Gasteiger partial charge in [0.25, 0.3) is 5.91 Å². The van der Waals surface area contributed by atoms with Crippen molar-refractivity contribution in [2.45, 2.75) is 38.4 Å². The van der Waals surface area contributed by atoms with E-state index in [1.54, 1.807) is 10.9 Å². The molecule has 2 aromatic heterocycles. The minimum absolute atomic E-state index is 0.0774. The standard InChI is InChI=1S/C16H21N5OS/c22-16(15-10-23-11-18-15)17-6-12-7-20(13-2-1-3-13)9-14-4-5-19-21(14)8-12/h4-5,10-13H,1-3,6-9H2,(H,17,22). The highest BCUT2D eigenvalue weighted by molar-refractivity contribution is 7.07. The molecule has 1 aliphatic carbocycles. The number of rotatable bonds is 4. The first-order chi connectivity index (χ1) is 11.3. The van der Waals surface area contributed by atoms with E-state index in [-0.39, 0.29) is 5.91 Å². The van der Waals surface area contributed by atoms with E-state index in [2.05, 4.69) is 31.0 Å². The molecule has 0 spiro atoms. The van der Waals surface area contributed by atoms with E-state index in [1.165, 1.54) is 36.3 Å². The van der Waals surface area contributed by atoms with Crippen molar-refractivity contribution in [2.75, 3.05) is 13.1 Å². The van der Waals surface area contributed by atoms with E-state index < -0.39 is 0 Å². The number of carbonyl (C=O) groups excluding carboxylic acids is 1. The summed E-state index contributed by atoms with van der Waals surface area (Å²) >= 11 is 1.45. The third-order valence-corrected chi connectivity index (χ3v) is 5.49. The highest BCUT2D eigenvalue weighted by atomic mass is 32.1. The Morgan fingerprint density at radius 3 is 3.04 bits per heavy atom. The zero-order valence-electron chi connectivity index (χ0n) is 13.0. The lowest BCUT2D eigenvalue weighted by Gasteiger charge is -2.38. The fraction of sp³-hybridized carbons (Fsp3) is 0.562. The molecule has 1 aliphatic heterocycles. The maximum absolute atomic E-state index is 12.1. The third-order valence-electron chi connectivity index (χ3n) is 4.90. The summed E-state index contributed by atoms with van der Waals surface area (Å²) in [5.74, 6) is 0.297. The van der Waals surface area contributed by atoms with Gasteiger partial charge in [-0.3, -0.25) is 14.4 Å². The molecule has 1 saturated carbocycles. The summed E-state index contributed by atoms with van der Waals surface area (Å²) in [5.41, 5.74) is 3.49. The van der Waals surface area contributed by atoms with Crippen LogP contribution in [0.2, 0.25) is 0 Å². The van der Waals surface area contributed by atoms with Crippen molar-refractivity contribution in [1.29, 1.82) is 0 Å². The molecule has 2 aromatic rings. The lowest BCUT2D eigenvalue weighted by molar-refractivity contribution is 0.0899. The van der Waals surface area contributed by atoms with Crippen LogP contribution >= 0.6 is 11.3 Å². The molecule has 1 unspecified atom stereocenters. The molecule has 23 heavy (non-hydrogen) atoms. The van der Waals surface area contributed by atoms with Gasteiger partial charge in [-0.15, -0.1) is 11.3 Å². The molecule has 122 valence electrons. The second-order valence-corrected chi connectivity index (χ2v) is 7.19. The molecule has 1 fully saturated rings. The van der Waals surface area contributed by atoms with Gasteiger partial charge >= 0.3 is 0 Å². The van der Waals surface area contributed by atoms with Crippen LogP contribution in [0.4, 0.5) is 0 Å². The monoisotopic (exact) mass is 331 g/mol. The molecule has 1 amide bonds. The van der Waals surface area contributed by atoms with Crippen LogP contribution in [0, 0.1) is 5.92 Å². The molecule has 7 heteroatoms. The molecular weight excluding hydrogens is 310 g/mol. The molecule has 1 atom stereocenters. The minimum Gasteiger partial charge on any atom is -0.350 e. The van der Waals surface area contributed by atoms with Crippen LogP contribution in [0.25, 0.3) is 0 Å². The van der Waals surface area contributed by atoms with E-state index >= 15 is 0 Å². The molecular formula is C16H21N5OS. The van der Waals surface area contributed by atoms with Gasteiger partial charge in [0.2, 0.25) is 0 Å². The van der Waals surface area contributed by atoms with Crippen LogP contribution in [-0.2, 0) is 13.1 Å². The summed E-state index contributed by atoms with van der Waals surface area (Å²) in [6.45, 7) is 3.52. The Morgan fingerprint density at radius 2 is 2.30 bits per heavy atom. The quantitative estimate of drug-likeness (QED) is 0.927. The lowest BCUT2D eigenvalue weighted by atomic mass is 9.90. The predicted octanol–water partition coefficient (Wildman–Crippen LogP) is 1.75. The Bertz CT molecular complexity index is 664. The summed E-state index contributed by atoms with van der Waals surface area (Å²) in [6.07, 6.45) is 5.81. The van der Waals surface area contributed by atoms with E-state index in [1.807, 2.05) is 6.20 Å². The second kappa shape index (κ2) is 6.41. The lowest BCUT2D eigenvalue weighted by Crippen LogP contribution is -2.43. The molecule has 0 saturated heterocycles. The van der Waals surface area contributed by atoms with Crippen molar-refractivity contribution >= 4 is 17.2 Å². The Kier molecular flexibility index (Phi) is 4.13. The van der Waals surface area contributed by atoms with Crippen molar-refractivity contribution in [3.8, 4) is 0 Å². The van der Waals surface area contributed by atoms with E-state index in [0.29, 0.717) is 24.2 Å². The number of thiazole rings is 1. The van der Waals surface area contributed by atoms with E-state index in [9.17, 15) is 4.79 Å². The number of nitrogens with zero attached hydrogens (tertiary/aromatic N) is 4. The van der Waals surface area contributed by atoms with Crippen LogP contribution in [0.15, 0.2) is 23.2 Å². The summed E-state index contributed by atoms with van der Waals surface area (Å²) < 4.78 is 2.10. The summed E-state index contributed by atoms with van der Waals surface area (Å²) in [4.78, 5) is 18.8. The molecule has 0 bridgehead atoms. The van der Waals surface area contributed by atoms with Crippen molar-refractivity contribution in [3.05, 3.63) is 34.5 Å². The fourth-order valence-corrected chi connectivity index (χ4v) is 3.91. The van der Waals surface area contributed by atoms with Gasteiger partial charge < -0.3 is 5.32 Å². The van der Waals surface area contributed by atoms with Crippen LogP contribution < -0.4 is 5.32 Å². The third kappa shape index (κ3) is 3.16. The average Bonchev–Trinajstić information content (AvgIpc) is 3.12. The molecule has 0 aromatic carbocycles. The van der Waals surface area contributed by atoms with Crippen LogP contribution in [0.3, 0.4) is 0 Å². The Balaban J connectivity index is 1.43. The smallest absolute Gasteiger partial charge is 0.270 e. The van der Waals surface area contributed by atoms with Gasteiger partial charge in [-0.05, 0) is 18.9 Å². The normalized spacial score (nSPS) is 22.2. The zero-order valence-corrected chi connectivity index (χ0v) is 13.8. The Hall–Kier alpha value is -1.73. The van der Waals surface area contributed by atoms with Gasteiger partial charge in [-0.1, -0.05) is 6.42 Å². The largest absolute Gasteiger partial charge is 0.350 e. The molecule has 4 rings (SSSR count). The van der Waals surface area contributed by atoms with Gasteiger partial charge in [0.15, 0.2) is 0 Å². The highest BCUT2D eigenvalue weighted by Crippen LogP contribution is 2.28. The molecule has 0 radical (unpaired) electrons. The van der Waals surface area contributed by atoms with Gasteiger partial charge in [-0.25, -0.2) is 4.98 Å². The van der Waals surface area contributed by atoms with Crippen LogP contribution in [0.5, 0.6) is 0 Å². The molecule has 1 N–H and O–H groups in total. The van der Waals surface area contributed by atoms with Gasteiger partial charge in [0.1, 0.15) is 5.69 Å². The first kappa shape index (κ1) is 14.8.